The third-order valence-corrected chi connectivity index (χ3v) is 12.2. The van der Waals surface area contributed by atoms with Gasteiger partial charge in [0.25, 0.3) is 0 Å². The van der Waals surface area contributed by atoms with Crippen LogP contribution in [0.3, 0.4) is 0 Å². The number of rotatable bonds is 5. The fourth-order valence-electron chi connectivity index (χ4n) is 8.36. The molecule has 0 saturated heterocycles. The fourth-order valence-corrected chi connectivity index (χ4v) is 9.55. The number of amidine groups is 2. The molecule has 0 bridgehead atoms. The highest BCUT2D eigenvalue weighted by Gasteiger charge is 2.36. The van der Waals surface area contributed by atoms with E-state index in [0.29, 0.717) is 18.2 Å². The maximum atomic E-state index is 5.27. The van der Waals surface area contributed by atoms with Crippen molar-refractivity contribution in [3.63, 3.8) is 0 Å². The van der Waals surface area contributed by atoms with Gasteiger partial charge in [-0.15, -0.1) is 11.3 Å². The van der Waals surface area contributed by atoms with E-state index in [-0.39, 0.29) is 5.41 Å². The van der Waals surface area contributed by atoms with E-state index in [0.717, 1.165) is 32.6 Å². The molecule has 10 rings (SSSR count). The number of thiophene rings is 1. The van der Waals surface area contributed by atoms with E-state index in [1.807, 2.05) is 36.4 Å². The van der Waals surface area contributed by atoms with Crippen molar-refractivity contribution in [2.75, 3.05) is 0 Å². The average molecular weight is 713 g/mol. The molecule has 0 amide bonds. The molecule has 2 heterocycles. The molecular formula is C49H36N4S. The molecule has 0 aliphatic heterocycles. The molecule has 0 radical (unpaired) electrons. The molecule has 9 aromatic rings. The van der Waals surface area contributed by atoms with Gasteiger partial charge in [-0.1, -0.05) is 135 Å². The van der Waals surface area contributed by atoms with Gasteiger partial charge in [-0.25, -0.2) is 9.98 Å². The first-order valence-corrected chi connectivity index (χ1v) is 19.1. The number of aromatic nitrogens is 1. The van der Waals surface area contributed by atoms with E-state index < -0.39 is 0 Å². The lowest BCUT2D eigenvalue weighted by atomic mass is 9.82. The summed E-state index contributed by atoms with van der Waals surface area (Å²) in [6, 6.07) is 56.2. The van der Waals surface area contributed by atoms with Crippen molar-refractivity contribution in [2.24, 2.45) is 15.0 Å². The normalized spacial score (nSPS) is 13.9. The molecule has 0 saturated carbocycles. The molecule has 4 nitrogen and oxygen atoms in total. The Bertz CT molecular complexity index is 3000. The predicted molar refractivity (Wildman–Crippen MR) is 230 cm³/mol. The summed E-state index contributed by atoms with van der Waals surface area (Å²) in [6.07, 6.45) is 0. The van der Waals surface area contributed by atoms with Crippen molar-refractivity contribution in [2.45, 2.75) is 25.8 Å². The maximum Gasteiger partial charge on any atom is 0.161 e. The zero-order valence-electron chi connectivity index (χ0n) is 30.1. The van der Waals surface area contributed by atoms with E-state index in [2.05, 4.69) is 151 Å². The second-order valence-electron chi connectivity index (χ2n) is 14.5. The summed E-state index contributed by atoms with van der Waals surface area (Å²) in [5.41, 5.74) is 11.6. The van der Waals surface area contributed by atoms with Gasteiger partial charge in [0.05, 0.1) is 17.6 Å². The van der Waals surface area contributed by atoms with Gasteiger partial charge < -0.3 is 4.57 Å². The van der Waals surface area contributed by atoms with E-state index in [9.17, 15) is 0 Å². The molecule has 5 heteroatoms. The highest BCUT2D eigenvalue weighted by Crippen LogP contribution is 2.51. The zero-order chi connectivity index (χ0) is 36.4. The van der Waals surface area contributed by atoms with Crippen molar-refractivity contribution in [3.05, 3.63) is 186 Å². The Morgan fingerprint density at radius 2 is 1.31 bits per heavy atom. The highest BCUT2D eigenvalue weighted by atomic mass is 32.1. The van der Waals surface area contributed by atoms with Gasteiger partial charge in [0, 0.05) is 53.2 Å². The summed E-state index contributed by atoms with van der Waals surface area (Å²) < 4.78 is 4.81. The van der Waals surface area contributed by atoms with Gasteiger partial charge in [-0.2, -0.15) is 0 Å². The maximum absolute atomic E-state index is 5.27. The number of aliphatic imine (C=N–C) groups is 3. The highest BCUT2D eigenvalue weighted by molar-refractivity contribution is 7.26. The quantitative estimate of drug-likeness (QED) is 0.126. The first kappa shape index (κ1) is 32.2. The Balaban J connectivity index is 1.28. The molecule has 7 aromatic carbocycles. The van der Waals surface area contributed by atoms with E-state index in [4.69, 9.17) is 9.98 Å². The first-order valence-electron chi connectivity index (χ1n) is 18.3. The van der Waals surface area contributed by atoms with E-state index >= 15 is 0 Å². The lowest BCUT2D eigenvalue weighted by Crippen LogP contribution is -2.15. The third-order valence-electron chi connectivity index (χ3n) is 11.0. The first-order chi connectivity index (χ1) is 26.5. The van der Waals surface area contributed by atoms with Crippen LogP contribution in [-0.2, 0) is 12.0 Å². The minimum atomic E-state index is -0.127. The second kappa shape index (κ2) is 12.6. The molecule has 0 spiro atoms. The van der Waals surface area contributed by atoms with Crippen LogP contribution in [0.15, 0.2) is 173 Å². The van der Waals surface area contributed by atoms with Crippen LogP contribution in [0.4, 0.5) is 0 Å². The van der Waals surface area contributed by atoms with Crippen LogP contribution in [0, 0.1) is 0 Å². The Morgan fingerprint density at radius 3 is 2.13 bits per heavy atom. The minimum Gasteiger partial charge on any atom is -0.309 e. The van der Waals surface area contributed by atoms with Crippen LogP contribution in [-0.4, -0.2) is 23.0 Å². The van der Waals surface area contributed by atoms with Gasteiger partial charge in [-0.3, -0.25) is 4.99 Å². The Hall–Kier alpha value is -6.43. The van der Waals surface area contributed by atoms with Gasteiger partial charge in [-0.05, 0) is 70.9 Å². The van der Waals surface area contributed by atoms with Gasteiger partial charge in [0.15, 0.2) is 11.7 Å². The molecule has 258 valence electrons. The van der Waals surface area contributed by atoms with E-state index in [1.165, 1.54) is 54.0 Å². The Labute approximate surface area is 318 Å². The number of nitrogens with zero attached hydrogens (tertiary/aromatic N) is 4. The van der Waals surface area contributed by atoms with Crippen LogP contribution in [0.5, 0.6) is 0 Å². The van der Waals surface area contributed by atoms with Crippen LogP contribution in [0.1, 0.15) is 41.7 Å². The van der Waals surface area contributed by atoms with Crippen molar-refractivity contribution in [3.8, 4) is 16.8 Å². The molecule has 1 aliphatic rings. The number of benzene rings is 7. The molecule has 0 fully saturated rings. The second-order valence-corrected chi connectivity index (χ2v) is 15.5. The Morgan fingerprint density at radius 1 is 0.611 bits per heavy atom. The van der Waals surface area contributed by atoms with Crippen molar-refractivity contribution >= 4 is 71.7 Å². The lowest BCUT2D eigenvalue weighted by Gasteiger charge is -2.21. The zero-order valence-corrected chi connectivity index (χ0v) is 30.9. The van der Waals surface area contributed by atoms with Gasteiger partial charge in [0.1, 0.15) is 0 Å². The molecule has 0 unspecified atom stereocenters. The summed E-state index contributed by atoms with van der Waals surface area (Å²) >= 11 is 1.79. The number of fused-ring (bicyclic) bond motifs is 9. The third kappa shape index (κ3) is 5.07. The van der Waals surface area contributed by atoms with Gasteiger partial charge in [0.2, 0.25) is 0 Å². The predicted octanol–water partition coefficient (Wildman–Crippen LogP) is 12.6. The number of hydrogen-bond acceptors (Lipinski definition) is 2. The summed E-state index contributed by atoms with van der Waals surface area (Å²) in [5.74, 6) is 1.16. The Kier molecular flexibility index (Phi) is 7.53. The molecule has 0 atom stereocenters. The molecule has 2 aromatic heterocycles. The van der Waals surface area contributed by atoms with Crippen molar-refractivity contribution in [1.29, 1.82) is 0 Å². The number of para-hydroxylation sites is 1. The number of hydrogen-bond donors (Lipinski definition) is 0. The van der Waals surface area contributed by atoms with Crippen LogP contribution in [0.25, 0.3) is 58.8 Å². The smallest absolute Gasteiger partial charge is 0.161 e. The summed E-state index contributed by atoms with van der Waals surface area (Å²) in [6.45, 7) is 9.12. The minimum absolute atomic E-state index is 0.127. The molecule has 1 aliphatic carbocycles. The standard InChI is InChI=1S/C49H36N4S/c1-49(2)41-23-13-10-20-34(41)37-28-38-35-21-11-14-24-43(35)53(44(38)29-42(37)49)33-26-39-36-22-12-15-25-45(36)54-46(39)40(27-33)48(51-30-31-16-6-4-7-17-31)52-47(50-3)32-18-8-5-9-19-32/h4-29H,3,30H2,1-2H3. The monoisotopic (exact) mass is 712 g/mol. The molecule has 0 N–H and O–H groups in total. The SMILES string of the molecule is C=NC(=NC(=NCc1ccccc1)c1cc(-n2c3ccccc3c3cc4c(cc32)C(C)(C)c2ccccc2-4)cc2c1sc1ccccc12)c1ccccc1. The van der Waals surface area contributed by atoms with Gasteiger partial charge >= 0.3 is 0 Å². The fraction of sp³-hybridized carbons (Fsp3) is 0.0816. The van der Waals surface area contributed by atoms with Crippen LogP contribution in [0.2, 0.25) is 0 Å². The lowest BCUT2D eigenvalue weighted by molar-refractivity contribution is 0.661. The average Bonchev–Trinajstić information content (AvgIpc) is 3.83. The largest absolute Gasteiger partial charge is 0.309 e. The summed E-state index contributed by atoms with van der Waals surface area (Å²) in [4.78, 5) is 15.0. The molecular weight excluding hydrogens is 677 g/mol. The van der Waals surface area contributed by atoms with Crippen molar-refractivity contribution in [1.82, 2.24) is 4.57 Å². The molecule has 54 heavy (non-hydrogen) atoms. The van der Waals surface area contributed by atoms with E-state index in [1.54, 1.807) is 11.3 Å². The summed E-state index contributed by atoms with van der Waals surface area (Å²) in [7, 11) is 0. The van der Waals surface area contributed by atoms with Crippen molar-refractivity contribution < 1.29 is 0 Å². The van der Waals surface area contributed by atoms with Crippen LogP contribution >= 0.6 is 11.3 Å². The topological polar surface area (TPSA) is 42.0 Å². The summed E-state index contributed by atoms with van der Waals surface area (Å²) in [5, 5.41) is 4.87. The van der Waals surface area contributed by atoms with Crippen LogP contribution < -0.4 is 0 Å².